The van der Waals surface area contributed by atoms with Crippen LogP contribution in [0.2, 0.25) is 6.55 Å². The maximum atomic E-state index is 14.2. The Morgan fingerprint density at radius 2 is 1.31 bits per heavy atom. The summed E-state index contributed by atoms with van der Waals surface area (Å²) in [6, 6.07) is 30.4. The Morgan fingerprint density at radius 1 is 0.875 bits per heavy atom. The lowest BCUT2D eigenvalue weighted by Crippen LogP contribution is -2.64. The number of ketones is 1. The number of carbonyl (C=O) groups excluding carboxylic acids is 1. The molecule has 3 heteroatoms. The number of rotatable bonds is 9. The van der Waals surface area contributed by atoms with Crippen LogP contribution in [0.15, 0.2) is 103 Å². The number of hydrogen-bond acceptors (Lipinski definition) is 2. The molecule has 0 N–H and O–H groups in total. The van der Waals surface area contributed by atoms with Gasteiger partial charge in [-0.15, -0.1) is 0 Å². The quantitative estimate of drug-likeness (QED) is 0.230. The Hall–Kier alpha value is -2.75. The molecule has 0 saturated heterocycles. The summed E-state index contributed by atoms with van der Waals surface area (Å²) in [7, 11) is -2.74. The lowest BCUT2D eigenvalue weighted by Gasteiger charge is -2.43. The second-order valence-corrected chi connectivity index (χ2v) is 12.4. The molecule has 0 fully saturated rings. The molecular formula is C29H34O2Si. The van der Waals surface area contributed by atoms with Crippen molar-refractivity contribution in [2.75, 3.05) is 0 Å². The number of benzene rings is 3. The molecule has 0 aliphatic carbocycles. The van der Waals surface area contributed by atoms with Crippen LogP contribution >= 0.6 is 0 Å². The molecule has 0 heterocycles. The summed E-state index contributed by atoms with van der Waals surface area (Å²) < 4.78 is 7.30. The van der Waals surface area contributed by atoms with Gasteiger partial charge < -0.3 is 4.43 Å². The zero-order valence-corrected chi connectivity index (χ0v) is 20.8. The van der Waals surface area contributed by atoms with E-state index in [1.807, 2.05) is 62.4 Å². The van der Waals surface area contributed by atoms with E-state index in [9.17, 15) is 4.79 Å². The number of carbonyl (C=O) groups is 1. The predicted molar refractivity (Wildman–Crippen MR) is 137 cm³/mol. The molecule has 1 atom stereocenters. The smallest absolute Gasteiger partial charge is 0.254 e. The van der Waals surface area contributed by atoms with Gasteiger partial charge >= 0.3 is 0 Å². The van der Waals surface area contributed by atoms with E-state index in [1.54, 1.807) is 0 Å². The highest BCUT2D eigenvalue weighted by Crippen LogP contribution is 2.36. The Balaban J connectivity index is 2.26. The van der Waals surface area contributed by atoms with Gasteiger partial charge in [0.1, 0.15) is 5.60 Å². The summed E-state index contributed by atoms with van der Waals surface area (Å²) in [5, 5.41) is 2.31. The van der Waals surface area contributed by atoms with Crippen LogP contribution in [0.5, 0.6) is 0 Å². The minimum absolute atomic E-state index is 0.0352. The SMILES string of the molecule is C/C=C(\C)[C@](CC(C)C)(O[Si](C)(c1ccccc1)c1ccccc1)C(=O)c1ccccc1. The molecule has 0 aliphatic rings. The Labute approximate surface area is 194 Å². The van der Waals surface area contributed by atoms with E-state index >= 15 is 0 Å². The molecule has 2 nitrogen and oxygen atoms in total. The zero-order chi connectivity index (χ0) is 23.2. The van der Waals surface area contributed by atoms with Crippen LogP contribution in [-0.2, 0) is 4.43 Å². The molecule has 0 radical (unpaired) electrons. The van der Waals surface area contributed by atoms with Gasteiger partial charge in [-0.25, -0.2) is 0 Å². The molecule has 0 amide bonds. The third-order valence-electron chi connectivity index (χ3n) is 6.20. The molecular weight excluding hydrogens is 408 g/mol. The van der Waals surface area contributed by atoms with E-state index in [0.29, 0.717) is 12.0 Å². The Bertz CT molecular complexity index is 1000. The molecule has 166 valence electrons. The van der Waals surface area contributed by atoms with Gasteiger partial charge in [0.2, 0.25) is 0 Å². The first-order valence-electron chi connectivity index (χ1n) is 11.4. The fourth-order valence-corrected chi connectivity index (χ4v) is 7.64. The average Bonchev–Trinajstić information content (AvgIpc) is 2.83. The van der Waals surface area contributed by atoms with Crippen molar-refractivity contribution in [3.63, 3.8) is 0 Å². The van der Waals surface area contributed by atoms with Gasteiger partial charge in [0.25, 0.3) is 8.32 Å². The first-order chi connectivity index (χ1) is 15.3. The molecule has 0 aromatic heterocycles. The van der Waals surface area contributed by atoms with E-state index in [-0.39, 0.29) is 11.7 Å². The number of Topliss-reactive ketones (excluding diaryl/α,β-unsaturated/α-hetero) is 1. The predicted octanol–water partition coefficient (Wildman–Crippen LogP) is 6.03. The highest BCUT2D eigenvalue weighted by Gasteiger charge is 2.49. The second kappa shape index (κ2) is 10.2. The molecule has 3 rings (SSSR count). The summed E-state index contributed by atoms with van der Waals surface area (Å²) in [4.78, 5) is 14.2. The summed E-state index contributed by atoms with van der Waals surface area (Å²) in [6.07, 6.45) is 2.66. The second-order valence-electron chi connectivity index (χ2n) is 8.96. The van der Waals surface area contributed by atoms with E-state index in [2.05, 4.69) is 68.9 Å². The molecule has 0 aliphatic heterocycles. The van der Waals surface area contributed by atoms with Crippen molar-refractivity contribution in [3.8, 4) is 0 Å². The topological polar surface area (TPSA) is 26.3 Å². The van der Waals surface area contributed by atoms with Crippen molar-refractivity contribution in [2.24, 2.45) is 5.92 Å². The van der Waals surface area contributed by atoms with Gasteiger partial charge in [0.15, 0.2) is 5.78 Å². The largest absolute Gasteiger partial charge is 0.392 e. The van der Waals surface area contributed by atoms with Crippen LogP contribution < -0.4 is 10.4 Å². The summed E-state index contributed by atoms with van der Waals surface area (Å²) in [5.74, 6) is 0.315. The molecule has 0 saturated carbocycles. The van der Waals surface area contributed by atoms with E-state index in [1.165, 1.54) is 0 Å². The highest BCUT2D eigenvalue weighted by molar-refractivity contribution is 6.96. The fourth-order valence-electron chi connectivity index (χ4n) is 4.38. The van der Waals surface area contributed by atoms with Gasteiger partial charge in [-0.05, 0) is 48.7 Å². The maximum absolute atomic E-state index is 14.2. The summed E-state index contributed by atoms with van der Waals surface area (Å²) >= 11 is 0. The minimum atomic E-state index is -2.74. The lowest BCUT2D eigenvalue weighted by atomic mass is 9.80. The van der Waals surface area contributed by atoms with Crippen molar-refractivity contribution < 1.29 is 9.22 Å². The summed E-state index contributed by atoms with van der Waals surface area (Å²) in [6.45, 7) is 10.6. The van der Waals surface area contributed by atoms with Crippen LogP contribution in [-0.4, -0.2) is 19.7 Å². The molecule has 0 unspecified atom stereocenters. The van der Waals surface area contributed by atoms with Crippen molar-refractivity contribution in [1.29, 1.82) is 0 Å². The zero-order valence-electron chi connectivity index (χ0n) is 19.8. The third-order valence-corrected chi connectivity index (χ3v) is 9.82. The van der Waals surface area contributed by atoms with Crippen molar-refractivity contribution in [1.82, 2.24) is 0 Å². The minimum Gasteiger partial charge on any atom is -0.392 e. The fraction of sp³-hybridized carbons (Fsp3) is 0.276. The van der Waals surface area contributed by atoms with Crippen molar-refractivity contribution >= 4 is 24.5 Å². The van der Waals surface area contributed by atoms with E-state index < -0.39 is 13.9 Å². The molecule has 32 heavy (non-hydrogen) atoms. The van der Waals surface area contributed by atoms with Gasteiger partial charge in [-0.2, -0.15) is 0 Å². The maximum Gasteiger partial charge on any atom is 0.254 e. The van der Waals surface area contributed by atoms with Crippen LogP contribution in [0.3, 0.4) is 0 Å². The Morgan fingerprint density at radius 3 is 1.72 bits per heavy atom. The van der Waals surface area contributed by atoms with Crippen LogP contribution in [0, 0.1) is 5.92 Å². The highest BCUT2D eigenvalue weighted by atomic mass is 28.4. The number of allylic oxidation sites excluding steroid dienone is 1. The van der Waals surface area contributed by atoms with Crippen LogP contribution in [0.4, 0.5) is 0 Å². The van der Waals surface area contributed by atoms with Gasteiger partial charge in [-0.1, -0.05) is 111 Å². The van der Waals surface area contributed by atoms with Crippen LogP contribution in [0.25, 0.3) is 0 Å². The standard InChI is InChI=1S/C29H34O2Si/c1-6-24(4)29(22-23(2)3,28(30)25-16-10-7-11-17-25)31-32(5,26-18-12-8-13-19-26)27-20-14-9-15-21-27/h6-21,23H,22H2,1-5H3/b24-6+/t29-/m0/s1. The first-order valence-corrected chi connectivity index (χ1v) is 13.8. The lowest BCUT2D eigenvalue weighted by molar-refractivity contribution is 0.0489. The molecule has 0 bridgehead atoms. The van der Waals surface area contributed by atoms with E-state index in [4.69, 9.17) is 4.43 Å². The Kier molecular flexibility index (Phi) is 7.65. The average molecular weight is 443 g/mol. The number of hydrogen-bond donors (Lipinski definition) is 0. The molecule has 3 aromatic rings. The van der Waals surface area contributed by atoms with E-state index in [0.717, 1.165) is 15.9 Å². The van der Waals surface area contributed by atoms with Gasteiger partial charge in [0, 0.05) is 5.56 Å². The molecule has 0 spiro atoms. The van der Waals surface area contributed by atoms with Gasteiger partial charge in [0.05, 0.1) is 0 Å². The van der Waals surface area contributed by atoms with Crippen LogP contribution in [0.1, 0.15) is 44.5 Å². The normalized spacial score (nSPS) is 14.2. The van der Waals surface area contributed by atoms with Crippen molar-refractivity contribution in [3.05, 3.63) is 108 Å². The monoisotopic (exact) mass is 442 g/mol. The summed E-state index contributed by atoms with van der Waals surface area (Å²) in [5.41, 5.74) is 0.620. The first kappa shape index (κ1) is 23.9. The van der Waals surface area contributed by atoms with Gasteiger partial charge in [-0.3, -0.25) is 4.79 Å². The molecule has 3 aromatic carbocycles. The third kappa shape index (κ3) is 4.84. The van der Waals surface area contributed by atoms with Crippen molar-refractivity contribution in [2.45, 2.75) is 46.3 Å².